The third-order valence-corrected chi connectivity index (χ3v) is 6.49. The summed E-state index contributed by atoms with van der Waals surface area (Å²) in [6.07, 6.45) is 0. The van der Waals surface area contributed by atoms with Crippen LogP contribution in [0.5, 0.6) is 0 Å². The lowest BCUT2D eigenvalue weighted by Gasteiger charge is -2.27. The Kier molecular flexibility index (Phi) is 5.19. The molecule has 1 heterocycles. The molecule has 0 amide bonds. The molecule has 7 heteroatoms. The number of ether oxygens (including phenoxy) is 1. The smallest absolute Gasteiger partial charge is 0.244 e. The molecule has 0 unspecified atom stereocenters. The minimum Gasteiger partial charge on any atom is -0.379 e. The minimum absolute atomic E-state index is 0.338. The number of nitrogens with zero attached hydrogens (tertiary/aromatic N) is 1. The largest absolute Gasteiger partial charge is 0.379 e. The SMILES string of the molecule is CNCc1cc(C)c(Br)c(S(=O)(=O)N2CCOCC2)c1. The van der Waals surface area contributed by atoms with E-state index in [1.165, 1.54) is 4.31 Å². The molecule has 0 radical (unpaired) electrons. The van der Waals surface area contributed by atoms with Crippen LogP contribution in [0.4, 0.5) is 0 Å². The number of benzene rings is 1. The highest BCUT2D eigenvalue weighted by atomic mass is 79.9. The number of sulfonamides is 1. The Balaban J connectivity index is 2.44. The molecule has 5 nitrogen and oxygen atoms in total. The van der Waals surface area contributed by atoms with E-state index in [1.54, 1.807) is 6.07 Å². The summed E-state index contributed by atoms with van der Waals surface area (Å²) < 4.78 is 32.8. The van der Waals surface area contributed by atoms with Gasteiger partial charge in [0.25, 0.3) is 0 Å². The molecular weight excluding hydrogens is 344 g/mol. The van der Waals surface area contributed by atoms with E-state index in [1.807, 2.05) is 20.0 Å². The van der Waals surface area contributed by atoms with Gasteiger partial charge in [0.05, 0.1) is 18.1 Å². The van der Waals surface area contributed by atoms with Crippen molar-refractivity contribution in [3.8, 4) is 0 Å². The molecule has 20 heavy (non-hydrogen) atoms. The number of nitrogens with one attached hydrogen (secondary N) is 1. The van der Waals surface area contributed by atoms with Gasteiger partial charge in [-0.05, 0) is 47.1 Å². The summed E-state index contributed by atoms with van der Waals surface area (Å²) in [5, 5.41) is 3.05. The summed E-state index contributed by atoms with van der Waals surface area (Å²) in [6, 6.07) is 3.72. The molecule has 0 bridgehead atoms. The first kappa shape index (κ1) is 15.9. The molecule has 1 saturated heterocycles. The van der Waals surface area contributed by atoms with E-state index < -0.39 is 10.0 Å². The lowest BCUT2D eigenvalue weighted by Crippen LogP contribution is -2.40. The van der Waals surface area contributed by atoms with Crippen molar-refractivity contribution in [2.45, 2.75) is 18.4 Å². The van der Waals surface area contributed by atoms with Crippen molar-refractivity contribution in [2.75, 3.05) is 33.4 Å². The molecule has 1 aromatic carbocycles. The van der Waals surface area contributed by atoms with Crippen molar-refractivity contribution in [3.63, 3.8) is 0 Å². The molecule has 0 saturated carbocycles. The third-order valence-electron chi connectivity index (χ3n) is 3.25. The molecule has 1 fully saturated rings. The van der Waals surface area contributed by atoms with Gasteiger partial charge in [0, 0.05) is 24.1 Å². The van der Waals surface area contributed by atoms with Gasteiger partial charge in [0.15, 0.2) is 0 Å². The van der Waals surface area contributed by atoms with Gasteiger partial charge in [-0.25, -0.2) is 8.42 Å². The molecule has 0 atom stereocenters. The van der Waals surface area contributed by atoms with Crippen LogP contribution in [-0.2, 0) is 21.3 Å². The number of hydrogen-bond acceptors (Lipinski definition) is 4. The highest BCUT2D eigenvalue weighted by Crippen LogP contribution is 2.30. The summed E-state index contributed by atoms with van der Waals surface area (Å²) in [6.45, 7) is 4.26. The van der Waals surface area contributed by atoms with E-state index in [9.17, 15) is 8.42 Å². The van der Waals surface area contributed by atoms with Crippen LogP contribution in [0.1, 0.15) is 11.1 Å². The van der Waals surface area contributed by atoms with E-state index in [4.69, 9.17) is 4.74 Å². The average Bonchev–Trinajstić information content (AvgIpc) is 2.43. The normalized spacial score (nSPS) is 17.4. The fraction of sp³-hybridized carbons (Fsp3) is 0.538. The Bertz CT molecular complexity index is 584. The van der Waals surface area contributed by atoms with Crippen molar-refractivity contribution in [2.24, 2.45) is 0 Å². The van der Waals surface area contributed by atoms with Crippen LogP contribution < -0.4 is 5.32 Å². The van der Waals surface area contributed by atoms with Gasteiger partial charge in [-0.1, -0.05) is 6.07 Å². The predicted octanol–water partition coefficient (Wildman–Crippen LogP) is 1.50. The van der Waals surface area contributed by atoms with Crippen molar-refractivity contribution in [1.29, 1.82) is 0 Å². The standard InChI is InChI=1S/C13H19BrN2O3S/c1-10-7-11(9-15-2)8-12(13(10)14)20(17,18)16-3-5-19-6-4-16/h7-8,15H,3-6,9H2,1-2H3. The van der Waals surface area contributed by atoms with Gasteiger partial charge in [-0.3, -0.25) is 0 Å². The Morgan fingerprint density at radius 1 is 1.35 bits per heavy atom. The highest BCUT2D eigenvalue weighted by molar-refractivity contribution is 9.10. The van der Waals surface area contributed by atoms with Gasteiger partial charge in [0.1, 0.15) is 0 Å². The maximum absolute atomic E-state index is 12.7. The van der Waals surface area contributed by atoms with E-state index in [-0.39, 0.29) is 0 Å². The first-order chi connectivity index (χ1) is 9.46. The second-order valence-electron chi connectivity index (χ2n) is 4.77. The average molecular weight is 363 g/mol. The Hall–Kier alpha value is -0.470. The summed E-state index contributed by atoms with van der Waals surface area (Å²) in [4.78, 5) is 0.338. The topological polar surface area (TPSA) is 58.6 Å². The Labute approximate surface area is 128 Å². The van der Waals surface area contributed by atoms with Crippen LogP contribution in [-0.4, -0.2) is 46.1 Å². The van der Waals surface area contributed by atoms with Crippen LogP contribution in [0.3, 0.4) is 0 Å². The number of aryl methyl sites for hydroxylation is 1. The summed E-state index contributed by atoms with van der Waals surface area (Å²) >= 11 is 3.41. The van der Waals surface area contributed by atoms with Crippen molar-refractivity contribution < 1.29 is 13.2 Å². The first-order valence-electron chi connectivity index (χ1n) is 6.48. The monoisotopic (exact) mass is 362 g/mol. The third kappa shape index (κ3) is 3.23. The van der Waals surface area contributed by atoms with Gasteiger partial charge in [-0.2, -0.15) is 4.31 Å². The Morgan fingerprint density at radius 2 is 2.00 bits per heavy atom. The second kappa shape index (κ2) is 6.53. The van der Waals surface area contributed by atoms with Gasteiger partial charge in [0.2, 0.25) is 10.0 Å². The number of hydrogen-bond donors (Lipinski definition) is 1. The molecule has 0 aliphatic carbocycles. The molecule has 1 N–H and O–H groups in total. The predicted molar refractivity (Wildman–Crippen MR) is 81.2 cm³/mol. The number of rotatable bonds is 4. The zero-order valence-corrected chi connectivity index (χ0v) is 14.1. The molecule has 2 rings (SSSR count). The summed E-state index contributed by atoms with van der Waals surface area (Å²) in [5.41, 5.74) is 1.88. The molecular formula is C13H19BrN2O3S. The number of morpholine rings is 1. The molecule has 1 aliphatic heterocycles. The molecule has 1 aliphatic rings. The van der Waals surface area contributed by atoms with Gasteiger partial charge < -0.3 is 10.1 Å². The van der Waals surface area contributed by atoms with Crippen molar-refractivity contribution >= 4 is 26.0 Å². The summed E-state index contributed by atoms with van der Waals surface area (Å²) in [7, 11) is -1.64. The minimum atomic E-state index is -3.48. The van der Waals surface area contributed by atoms with Crippen LogP contribution in [0.25, 0.3) is 0 Å². The Morgan fingerprint density at radius 3 is 2.60 bits per heavy atom. The van der Waals surface area contributed by atoms with Crippen molar-refractivity contribution in [3.05, 3.63) is 27.7 Å². The molecule has 1 aromatic rings. The van der Waals surface area contributed by atoms with E-state index in [0.29, 0.717) is 42.2 Å². The van der Waals surface area contributed by atoms with E-state index >= 15 is 0 Å². The molecule has 0 aromatic heterocycles. The zero-order chi connectivity index (χ0) is 14.8. The first-order valence-corrected chi connectivity index (χ1v) is 8.71. The maximum atomic E-state index is 12.7. The second-order valence-corrected chi connectivity index (χ2v) is 7.47. The van der Waals surface area contributed by atoms with Gasteiger partial charge >= 0.3 is 0 Å². The van der Waals surface area contributed by atoms with Crippen molar-refractivity contribution in [1.82, 2.24) is 9.62 Å². The number of halogens is 1. The van der Waals surface area contributed by atoms with Crippen LogP contribution in [0.2, 0.25) is 0 Å². The van der Waals surface area contributed by atoms with Crippen LogP contribution >= 0.6 is 15.9 Å². The van der Waals surface area contributed by atoms with Gasteiger partial charge in [-0.15, -0.1) is 0 Å². The van der Waals surface area contributed by atoms with E-state index in [2.05, 4.69) is 21.2 Å². The lowest BCUT2D eigenvalue weighted by molar-refractivity contribution is 0.0730. The maximum Gasteiger partial charge on any atom is 0.244 e. The fourth-order valence-electron chi connectivity index (χ4n) is 2.23. The highest BCUT2D eigenvalue weighted by Gasteiger charge is 2.29. The molecule has 112 valence electrons. The quantitative estimate of drug-likeness (QED) is 0.881. The van der Waals surface area contributed by atoms with Crippen LogP contribution in [0.15, 0.2) is 21.5 Å². The molecule has 0 spiro atoms. The summed E-state index contributed by atoms with van der Waals surface area (Å²) in [5.74, 6) is 0. The lowest BCUT2D eigenvalue weighted by atomic mass is 10.1. The van der Waals surface area contributed by atoms with Crippen LogP contribution in [0, 0.1) is 6.92 Å². The fourth-order valence-corrected chi connectivity index (χ4v) is 4.67. The zero-order valence-electron chi connectivity index (χ0n) is 11.6. The van der Waals surface area contributed by atoms with E-state index in [0.717, 1.165) is 11.1 Å².